The molecule has 4 heteroatoms. The van der Waals surface area contributed by atoms with E-state index in [-0.39, 0.29) is 5.75 Å². The molecule has 1 unspecified atom stereocenters. The van der Waals surface area contributed by atoms with Crippen LogP contribution < -0.4 is 10.1 Å². The summed E-state index contributed by atoms with van der Waals surface area (Å²) in [5.74, 6) is 1.90. The van der Waals surface area contributed by atoms with E-state index in [0.717, 1.165) is 31.3 Å². The van der Waals surface area contributed by atoms with Crippen LogP contribution in [0.4, 0.5) is 0 Å². The molecule has 4 nitrogen and oxygen atoms in total. The number of phenolic OH excluding ortho intramolecular Hbond substituents is 1. The van der Waals surface area contributed by atoms with Gasteiger partial charge in [0, 0.05) is 18.2 Å². The highest BCUT2D eigenvalue weighted by Crippen LogP contribution is 2.38. The van der Waals surface area contributed by atoms with Crippen LogP contribution in [0.15, 0.2) is 18.2 Å². The molecule has 0 amide bonds. The van der Waals surface area contributed by atoms with Crippen molar-refractivity contribution < 1.29 is 9.84 Å². The van der Waals surface area contributed by atoms with Crippen molar-refractivity contribution in [3.05, 3.63) is 23.8 Å². The summed E-state index contributed by atoms with van der Waals surface area (Å²) in [6.07, 6.45) is 2.53. The van der Waals surface area contributed by atoms with Crippen molar-refractivity contribution >= 4 is 0 Å². The third-order valence-electron chi connectivity index (χ3n) is 4.29. The number of fused-ring (bicyclic) bond motifs is 1. The lowest BCUT2D eigenvalue weighted by Crippen LogP contribution is -2.36. The zero-order valence-electron chi connectivity index (χ0n) is 11.4. The number of benzene rings is 1. The second-order valence-corrected chi connectivity index (χ2v) is 5.68. The third kappa shape index (κ3) is 2.69. The van der Waals surface area contributed by atoms with Crippen molar-refractivity contribution in [2.24, 2.45) is 5.92 Å². The first-order valence-corrected chi connectivity index (χ1v) is 7.10. The van der Waals surface area contributed by atoms with E-state index in [0.29, 0.717) is 12.6 Å². The standard InChI is InChI=1S/C15H22N2O2/c1-17(9-11-4-6-16-7-5-11)14-10-19-15-8-12(18)2-3-13(14)15/h2-3,8,11,14,16,18H,4-7,9-10H2,1H3. The Morgan fingerprint density at radius 3 is 2.95 bits per heavy atom. The fraction of sp³-hybridized carbons (Fsp3) is 0.600. The maximum atomic E-state index is 9.48. The molecule has 0 radical (unpaired) electrons. The maximum absolute atomic E-state index is 9.48. The molecule has 3 rings (SSSR count). The Balaban J connectivity index is 1.67. The summed E-state index contributed by atoms with van der Waals surface area (Å²) in [6, 6.07) is 5.78. The smallest absolute Gasteiger partial charge is 0.127 e. The Bertz CT molecular complexity index is 444. The summed E-state index contributed by atoms with van der Waals surface area (Å²) >= 11 is 0. The van der Waals surface area contributed by atoms with Crippen LogP contribution in [0.25, 0.3) is 0 Å². The molecule has 2 aliphatic heterocycles. The number of ether oxygens (including phenoxy) is 1. The monoisotopic (exact) mass is 262 g/mol. The highest BCUT2D eigenvalue weighted by molar-refractivity contribution is 5.44. The summed E-state index contributed by atoms with van der Waals surface area (Å²) in [6.45, 7) is 4.10. The van der Waals surface area contributed by atoms with Crippen LogP contribution in [0.5, 0.6) is 11.5 Å². The van der Waals surface area contributed by atoms with Gasteiger partial charge in [0.1, 0.15) is 18.1 Å². The van der Waals surface area contributed by atoms with Gasteiger partial charge in [-0.05, 0) is 51.0 Å². The van der Waals surface area contributed by atoms with Gasteiger partial charge in [-0.1, -0.05) is 0 Å². The molecule has 2 N–H and O–H groups in total. The molecule has 2 heterocycles. The predicted molar refractivity (Wildman–Crippen MR) is 74.6 cm³/mol. The number of piperidine rings is 1. The molecule has 104 valence electrons. The fourth-order valence-electron chi connectivity index (χ4n) is 3.15. The number of hydrogen-bond donors (Lipinski definition) is 2. The lowest BCUT2D eigenvalue weighted by Gasteiger charge is -2.30. The SMILES string of the molecule is CN(CC1CCNCC1)C1COc2cc(O)ccc21. The van der Waals surface area contributed by atoms with Crippen LogP contribution in [0.2, 0.25) is 0 Å². The Kier molecular flexibility index (Phi) is 3.62. The van der Waals surface area contributed by atoms with E-state index in [9.17, 15) is 5.11 Å². The second kappa shape index (κ2) is 5.39. The zero-order valence-corrected chi connectivity index (χ0v) is 11.4. The van der Waals surface area contributed by atoms with Crippen LogP contribution in [0.3, 0.4) is 0 Å². The molecule has 0 bridgehead atoms. The summed E-state index contributed by atoms with van der Waals surface area (Å²) < 4.78 is 5.69. The third-order valence-corrected chi connectivity index (χ3v) is 4.29. The van der Waals surface area contributed by atoms with Gasteiger partial charge in [0.2, 0.25) is 0 Å². The minimum absolute atomic E-state index is 0.278. The van der Waals surface area contributed by atoms with Gasteiger partial charge in [-0.2, -0.15) is 0 Å². The van der Waals surface area contributed by atoms with E-state index in [1.165, 1.54) is 18.4 Å². The van der Waals surface area contributed by atoms with Crippen LogP contribution in [0, 0.1) is 5.92 Å². The van der Waals surface area contributed by atoms with Crippen molar-refractivity contribution in [2.75, 3.05) is 33.3 Å². The highest BCUT2D eigenvalue weighted by atomic mass is 16.5. The van der Waals surface area contributed by atoms with Gasteiger partial charge in [0.05, 0.1) is 6.04 Å². The summed E-state index contributed by atoms with van der Waals surface area (Å²) in [5, 5.41) is 12.9. The van der Waals surface area contributed by atoms with E-state index in [4.69, 9.17) is 4.74 Å². The molecule has 19 heavy (non-hydrogen) atoms. The number of nitrogens with one attached hydrogen (secondary N) is 1. The molecular weight excluding hydrogens is 240 g/mol. The molecule has 1 aromatic carbocycles. The first-order chi connectivity index (χ1) is 9.24. The zero-order chi connectivity index (χ0) is 13.2. The maximum Gasteiger partial charge on any atom is 0.127 e. The van der Waals surface area contributed by atoms with Crippen molar-refractivity contribution in [1.82, 2.24) is 10.2 Å². The number of nitrogens with zero attached hydrogens (tertiary/aromatic N) is 1. The Labute approximate surface area is 114 Å². The molecule has 0 spiro atoms. The molecule has 1 aromatic rings. The highest BCUT2D eigenvalue weighted by Gasteiger charge is 2.29. The van der Waals surface area contributed by atoms with Gasteiger partial charge in [-0.3, -0.25) is 4.90 Å². The summed E-state index contributed by atoms with van der Waals surface area (Å²) in [7, 11) is 2.18. The molecule has 0 aliphatic carbocycles. The van der Waals surface area contributed by atoms with Gasteiger partial charge in [0.25, 0.3) is 0 Å². The van der Waals surface area contributed by atoms with Gasteiger partial charge >= 0.3 is 0 Å². The molecular formula is C15H22N2O2. The topological polar surface area (TPSA) is 44.7 Å². The van der Waals surface area contributed by atoms with Gasteiger partial charge < -0.3 is 15.2 Å². The van der Waals surface area contributed by atoms with Crippen LogP contribution in [-0.4, -0.2) is 43.3 Å². The quantitative estimate of drug-likeness (QED) is 0.871. The molecule has 0 aromatic heterocycles. The van der Waals surface area contributed by atoms with Gasteiger partial charge in [0.15, 0.2) is 0 Å². The first kappa shape index (κ1) is 12.8. The Morgan fingerprint density at radius 1 is 1.37 bits per heavy atom. The van der Waals surface area contributed by atoms with E-state index < -0.39 is 0 Å². The Morgan fingerprint density at radius 2 is 2.16 bits per heavy atom. The van der Waals surface area contributed by atoms with Crippen molar-refractivity contribution in [2.45, 2.75) is 18.9 Å². The average Bonchev–Trinajstić information content (AvgIpc) is 2.82. The molecule has 0 saturated carbocycles. The predicted octanol–water partition coefficient (Wildman–Crippen LogP) is 1.76. The minimum atomic E-state index is 0.278. The van der Waals surface area contributed by atoms with Gasteiger partial charge in [-0.15, -0.1) is 0 Å². The van der Waals surface area contributed by atoms with E-state index in [1.54, 1.807) is 12.1 Å². The fourth-order valence-corrected chi connectivity index (χ4v) is 3.15. The van der Waals surface area contributed by atoms with Crippen LogP contribution in [0.1, 0.15) is 24.4 Å². The Hall–Kier alpha value is -1.26. The summed E-state index contributed by atoms with van der Waals surface area (Å²) in [5.41, 5.74) is 1.20. The lowest BCUT2D eigenvalue weighted by molar-refractivity contribution is 0.159. The van der Waals surface area contributed by atoms with Crippen molar-refractivity contribution in [3.8, 4) is 11.5 Å². The molecule has 1 atom stereocenters. The van der Waals surface area contributed by atoms with E-state index in [1.807, 2.05) is 6.07 Å². The average molecular weight is 262 g/mol. The first-order valence-electron chi connectivity index (χ1n) is 7.10. The van der Waals surface area contributed by atoms with Crippen LogP contribution in [-0.2, 0) is 0 Å². The second-order valence-electron chi connectivity index (χ2n) is 5.68. The number of likely N-dealkylation sites (N-methyl/N-ethyl adjacent to an activating group) is 1. The van der Waals surface area contributed by atoms with E-state index in [2.05, 4.69) is 17.3 Å². The van der Waals surface area contributed by atoms with Crippen molar-refractivity contribution in [3.63, 3.8) is 0 Å². The number of aromatic hydroxyl groups is 1. The van der Waals surface area contributed by atoms with Crippen LogP contribution >= 0.6 is 0 Å². The lowest BCUT2D eigenvalue weighted by atomic mass is 9.96. The molecule has 2 aliphatic rings. The number of phenols is 1. The number of rotatable bonds is 3. The molecule has 1 saturated heterocycles. The van der Waals surface area contributed by atoms with E-state index >= 15 is 0 Å². The minimum Gasteiger partial charge on any atom is -0.508 e. The largest absolute Gasteiger partial charge is 0.508 e. The van der Waals surface area contributed by atoms with Crippen molar-refractivity contribution in [1.29, 1.82) is 0 Å². The summed E-state index contributed by atoms with van der Waals surface area (Å²) in [4.78, 5) is 2.40. The normalized spacial score (nSPS) is 23.4. The number of hydrogen-bond acceptors (Lipinski definition) is 4. The molecule has 1 fully saturated rings. The van der Waals surface area contributed by atoms with Gasteiger partial charge in [-0.25, -0.2) is 0 Å².